The number of nitrogens with zero attached hydrogens (tertiary/aromatic N) is 3. The van der Waals surface area contributed by atoms with Crippen LogP contribution in [0, 0.1) is 0 Å². The molecule has 0 saturated carbocycles. The Morgan fingerprint density at radius 2 is 1.96 bits per heavy atom. The van der Waals surface area contributed by atoms with Crippen LogP contribution in [0.3, 0.4) is 0 Å². The van der Waals surface area contributed by atoms with E-state index in [1.165, 1.54) is 5.56 Å². The average Bonchev–Trinajstić information content (AvgIpc) is 2.85. The molecule has 27 heavy (non-hydrogen) atoms. The second-order valence-electron chi connectivity index (χ2n) is 6.98. The molecule has 3 heterocycles. The van der Waals surface area contributed by atoms with Crippen LogP contribution in [0.1, 0.15) is 29.7 Å². The van der Waals surface area contributed by atoms with Gasteiger partial charge in [0.05, 0.1) is 13.2 Å². The lowest BCUT2D eigenvalue weighted by Gasteiger charge is -2.29. The number of ether oxygens (including phenoxy) is 2. The third-order valence-corrected chi connectivity index (χ3v) is 5.08. The Labute approximate surface area is 160 Å². The van der Waals surface area contributed by atoms with Gasteiger partial charge in [-0.05, 0) is 41.8 Å². The van der Waals surface area contributed by atoms with Crippen molar-refractivity contribution < 1.29 is 9.47 Å². The van der Waals surface area contributed by atoms with Gasteiger partial charge in [0, 0.05) is 44.1 Å². The lowest BCUT2D eigenvalue weighted by molar-refractivity contribution is 0.0367. The standard InChI is InChI=1S/C22H25N3O2/c1-17-4-5-19(15-25-11-13-26-14-12-25)20-3-2-8-24-21(20)22(17)27-16-18-6-9-23-10-7-18/h2-10,19H,11-16H2,1H3. The molecule has 0 spiro atoms. The van der Waals surface area contributed by atoms with Crippen LogP contribution in [0.4, 0.5) is 0 Å². The number of hydrogen-bond donors (Lipinski definition) is 0. The van der Waals surface area contributed by atoms with Gasteiger partial charge in [-0.3, -0.25) is 14.9 Å². The number of aromatic nitrogens is 2. The molecule has 0 bridgehead atoms. The number of rotatable bonds is 5. The molecule has 140 valence electrons. The summed E-state index contributed by atoms with van der Waals surface area (Å²) >= 11 is 0. The third-order valence-electron chi connectivity index (χ3n) is 5.08. The normalized spacial score (nSPS) is 20.3. The van der Waals surface area contributed by atoms with Gasteiger partial charge in [0.15, 0.2) is 0 Å². The maximum Gasteiger partial charge on any atom is 0.148 e. The van der Waals surface area contributed by atoms with Crippen molar-refractivity contribution in [3.8, 4) is 0 Å². The van der Waals surface area contributed by atoms with Gasteiger partial charge < -0.3 is 9.47 Å². The smallest absolute Gasteiger partial charge is 0.148 e. The van der Waals surface area contributed by atoms with Crippen LogP contribution in [-0.2, 0) is 16.1 Å². The van der Waals surface area contributed by atoms with Gasteiger partial charge in [-0.15, -0.1) is 0 Å². The molecule has 0 N–H and O–H groups in total. The summed E-state index contributed by atoms with van der Waals surface area (Å²) in [6.07, 6.45) is 9.89. The SMILES string of the molecule is CC1=C(OCc2ccncc2)c2ncccc2C(CN2CCOCC2)C=C1. The molecule has 2 aromatic heterocycles. The van der Waals surface area contributed by atoms with E-state index in [2.05, 4.69) is 40.0 Å². The first-order chi connectivity index (χ1) is 13.3. The molecule has 0 amide bonds. The molecule has 1 aliphatic carbocycles. The Bertz CT molecular complexity index is 826. The highest BCUT2D eigenvalue weighted by atomic mass is 16.5. The number of morpholine rings is 1. The molecule has 1 fully saturated rings. The topological polar surface area (TPSA) is 47.5 Å². The van der Waals surface area contributed by atoms with Crippen LogP contribution in [0.15, 0.2) is 60.6 Å². The van der Waals surface area contributed by atoms with Crippen LogP contribution in [0.5, 0.6) is 0 Å². The summed E-state index contributed by atoms with van der Waals surface area (Å²) < 4.78 is 11.7. The Hall–Kier alpha value is -2.50. The van der Waals surface area contributed by atoms with Crippen molar-refractivity contribution >= 4 is 5.76 Å². The zero-order valence-corrected chi connectivity index (χ0v) is 15.7. The molecule has 5 nitrogen and oxygen atoms in total. The molecular formula is C22H25N3O2. The van der Waals surface area contributed by atoms with E-state index in [0.29, 0.717) is 12.5 Å². The number of pyridine rings is 2. The lowest BCUT2D eigenvalue weighted by Crippen LogP contribution is -2.38. The maximum absolute atomic E-state index is 6.23. The third kappa shape index (κ3) is 4.26. The Morgan fingerprint density at radius 1 is 1.15 bits per heavy atom. The van der Waals surface area contributed by atoms with Crippen molar-refractivity contribution in [2.24, 2.45) is 0 Å². The fraction of sp³-hybridized carbons (Fsp3) is 0.364. The molecule has 2 aromatic rings. The van der Waals surface area contributed by atoms with Crippen molar-refractivity contribution in [1.82, 2.24) is 14.9 Å². The predicted octanol–water partition coefficient (Wildman–Crippen LogP) is 3.41. The van der Waals surface area contributed by atoms with Crippen LogP contribution in [-0.4, -0.2) is 47.7 Å². The summed E-state index contributed by atoms with van der Waals surface area (Å²) in [5, 5.41) is 0. The molecule has 1 atom stereocenters. The molecule has 5 heteroatoms. The molecule has 0 radical (unpaired) electrons. The highest BCUT2D eigenvalue weighted by Crippen LogP contribution is 2.33. The van der Waals surface area contributed by atoms with E-state index in [0.717, 1.165) is 55.4 Å². The van der Waals surface area contributed by atoms with Crippen molar-refractivity contribution in [2.45, 2.75) is 19.4 Å². The highest BCUT2D eigenvalue weighted by Gasteiger charge is 2.24. The van der Waals surface area contributed by atoms with Crippen LogP contribution in [0.25, 0.3) is 5.76 Å². The number of allylic oxidation sites excluding steroid dienone is 2. The Balaban J connectivity index is 1.58. The predicted molar refractivity (Wildman–Crippen MR) is 105 cm³/mol. The fourth-order valence-corrected chi connectivity index (χ4v) is 3.57. The quantitative estimate of drug-likeness (QED) is 0.815. The number of fused-ring (bicyclic) bond motifs is 1. The van der Waals surface area contributed by atoms with Crippen molar-refractivity contribution in [3.05, 3.63) is 77.4 Å². The van der Waals surface area contributed by atoms with E-state index >= 15 is 0 Å². The Morgan fingerprint density at radius 3 is 2.78 bits per heavy atom. The van der Waals surface area contributed by atoms with E-state index in [1.807, 2.05) is 24.4 Å². The first-order valence-electron chi connectivity index (χ1n) is 9.47. The zero-order valence-electron chi connectivity index (χ0n) is 15.7. The first-order valence-corrected chi connectivity index (χ1v) is 9.47. The van der Waals surface area contributed by atoms with Crippen molar-refractivity contribution in [2.75, 3.05) is 32.8 Å². The largest absolute Gasteiger partial charge is 0.486 e. The van der Waals surface area contributed by atoms with Crippen molar-refractivity contribution in [1.29, 1.82) is 0 Å². The van der Waals surface area contributed by atoms with Crippen LogP contribution in [0.2, 0.25) is 0 Å². The van der Waals surface area contributed by atoms with E-state index in [4.69, 9.17) is 9.47 Å². The minimum absolute atomic E-state index is 0.295. The summed E-state index contributed by atoms with van der Waals surface area (Å²) in [6.45, 7) is 7.17. The summed E-state index contributed by atoms with van der Waals surface area (Å²) in [6, 6.07) is 8.14. The van der Waals surface area contributed by atoms with Crippen LogP contribution >= 0.6 is 0 Å². The summed E-state index contributed by atoms with van der Waals surface area (Å²) in [7, 11) is 0. The molecule has 0 aromatic carbocycles. The van der Waals surface area contributed by atoms with Gasteiger partial charge in [0.2, 0.25) is 0 Å². The van der Waals surface area contributed by atoms with Gasteiger partial charge in [-0.1, -0.05) is 18.2 Å². The minimum atomic E-state index is 0.295. The van der Waals surface area contributed by atoms with Gasteiger partial charge in [0.1, 0.15) is 18.1 Å². The van der Waals surface area contributed by atoms with Gasteiger partial charge in [0.25, 0.3) is 0 Å². The van der Waals surface area contributed by atoms with E-state index < -0.39 is 0 Å². The van der Waals surface area contributed by atoms with E-state index in [1.54, 1.807) is 12.4 Å². The Kier molecular flexibility index (Phi) is 5.61. The molecule has 1 unspecified atom stereocenters. The maximum atomic E-state index is 6.23. The van der Waals surface area contributed by atoms with Gasteiger partial charge in [-0.25, -0.2) is 0 Å². The second kappa shape index (κ2) is 8.46. The zero-order chi connectivity index (χ0) is 18.5. The summed E-state index contributed by atoms with van der Waals surface area (Å²) in [4.78, 5) is 11.2. The molecule has 1 aliphatic heterocycles. The van der Waals surface area contributed by atoms with Crippen molar-refractivity contribution in [3.63, 3.8) is 0 Å². The summed E-state index contributed by atoms with van der Waals surface area (Å²) in [5.74, 6) is 1.16. The van der Waals surface area contributed by atoms with Gasteiger partial charge in [-0.2, -0.15) is 0 Å². The van der Waals surface area contributed by atoms with Crippen LogP contribution < -0.4 is 0 Å². The van der Waals surface area contributed by atoms with E-state index in [-0.39, 0.29) is 0 Å². The first kappa shape index (κ1) is 17.9. The minimum Gasteiger partial charge on any atom is -0.486 e. The molecule has 1 saturated heterocycles. The average molecular weight is 363 g/mol. The molecule has 2 aliphatic rings. The van der Waals surface area contributed by atoms with Gasteiger partial charge >= 0.3 is 0 Å². The number of hydrogen-bond acceptors (Lipinski definition) is 5. The molecular weight excluding hydrogens is 338 g/mol. The van der Waals surface area contributed by atoms with E-state index in [9.17, 15) is 0 Å². The monoisotopic (exact) mass is 363 g/mol. The second-order valence-corrected chi connectivity index (χ2v) is 6.98. The summed E-state index contributed by atoms with van der Waals surface area (Å²) in [5.41, 5.74) is 4.38. The lowest BCUT2D eigenvalue weighted by atomic mass is 9.97. The fourth-order valence-electron chi connectivity index (χ4n) is 3.57. The highest BCUT2D eigenvalue weighted by molar-refractivity contribution is 5.67. The molecule has 4 rings (SSSR count).